The van der Waals surface area contributed by atoms with Gasteiger partial charge in [-0.2, -0.15) is 0 Å². The fourth-order valence-electron chi connectivity index (χ4n) is 1.74. The normalized spacial score (nSPS) is 25.6. The van der Waals surface area contributed by atoms with E-state index in [4.69, 9.17) is 4.74 Å². The molecule has 1 aliphatic heterocycles. The van der Waals surface area contributed by atoms with Gasteiger partial charge in [0.15, 0.2) is 0 Å². The van der Waals surface area contributed by atoms with Crippen LogP contribution in [-0.2, 0) is 17.4 Å². The molecule has 1 atom stereocenters. The minimum absolute atomic E-state index is 0.0499. The molecule has 0 aliphatic carbocycles. The average Bonchev–Trinajstić information content (AvgIpc) is 2.84. The van der Waals surface area contributed by atoms with Gasteiger partial charge in [-0.1, -0.05) is 6.07 Å². The van der Waals surface area contributed by atoms with Gasteiger partial charge in [-0.15, -0.1) is 0 Å². The third-order valence-corrected chi connectivity index (χ3v) is 2.91. The van der Waals surface area contributed by atoms with Gasteiger partial charge >= 0.3 is 0 Å². The summed E-state index contributed by atoms with van der Waals surface area (Å²) in [4.78, 5) is 4.33. The highest BCUT2D eigenvalue weighted by Gasteiger charge is 2.41. The Morgan fingerprint density at radius 1 is 1.50 bits per heavy atom. The highest BCUT2D eigenvalue weighted by Crippen LogP contribution is 2.38. The Kier molecular flexibility index (Phi) is 1.35. The Hall–Kier alpha value is -1.35. The maximum absolute atomic E-state index is 5.40. The fourth-order valence-corrected chi connectivity index (χ4v) is 1.74. The predicted octanol–water partition coefficient (Wildman–Crippen LogP) is 1.82. The van der Waals surface area contributed by atoms with E-state index in [9.17, 15) is 0 Å². The van der Waals surface area contributed by atoms with Crippen LogP contribution in [0.15, 0.2) is 24.5 Å². The van der Waals surface area contributed by atoms with Crippen molar-refractivity contribution in [3.8, 4) is 0 Å². The zero-order chi connectivity index (χ0) is 9.76. The second kappa shape index (κ2) is 2.36. The predicted molar refractivity (Wildman–Crippen MR) is 54.0 cm³/mol. The summed E-state index contributed by atoms with van der Waals surface area (Å²) in [7, 11) is 2.00. The van der Waals surface area contributed by atoms with E-state index in [2.05, 4.69) is 30.1 Å². The molecule has 0 radical (unpaired) electrons. The quantitative estimate of drug-likeness (QED) is 0.639. The Morgan fingerprint density at radius 3 is 3.00 bits per heavy atom. The van der Waals surface area contributed by atoms with Gasteiger partial charge in [0.05, 0.1) is 24.0 Å². The van der Waals surface area contributed by atoms with Crippen molar-refractivity contribution in [3.63, 3.8) is 0 Å². The number of imidazole rings is 1. The molecule has 3 nitrogen and oxygen atoms in total. The Labute approximate surface area is 82.3 Å². The zero-order valence-electron chi connectivity index (χ0n) is 8.32. The molecule has 0 amide bonds. The molecule has 0 N–H and O–H groups in total. The van der Waals surface area contributed by atoms with Gasteiger partial charge in [0.25, 0.3) is 0 Å². The molecule has 0 saturated carbocycles. The molecule has 0 spiro atoms. The van der Waals surface area contributed by atoms with Crippen molar-refractivity contribution < 1.29 is 4.74 Å². The van der Waals surface area contributed by atoms with Crippen LogP contribution in [0, 0.1) is 0 Å². The number of rotatable bonds is 1. The van der Waals surface area contributed by atoms with E-state index in [-0.39, 0.29) is 5.60 Å². The van der Waals surface area contributed by atoms with Crippen LogP contribution in [0.3, 0.4) is 0 Å². The number of hydrogen-bond acceptors (Lipinski definition) is 2. The minimum atomic E-state index is -0.0499. The maximum atomic E-state index is 5.40. The Morgan fingerprint density at radius 2 is 2.29 bits per heavy atom. The van der Waals surface area contributed by atoms with Gasteiger partial charge in [-0.25, -0.2) is 4.98 Å². The van der Waals surface area contributed by atoms with Crippen molar-refractivity contribution in [2.24, 2.45) is 7.05 Å². The Bertz CT molecular complexity index is 497. The first kappa shape index (κ1) is 8.00. The topological polar surface area (TPSA) is 30.4 Å². The molecule has 3 heteroatoms. The van der Waals surface area contributed by atoms with E-state index in [1.165, 1.54) is 5.56 Å². The smallest absolute Gasteiger partial charge is 0.114 e. The van der Waals surface area contributed by atoms with Crippen LogP contribution < -0.4 is 0 Å². The second-order valence-electron chi connectivity index (χ2n) is 4.08. The summed E-state index contributed by atoms with van der Waals surface area (Å²) in [5, 5.41) is 0. The molecule has 0 bridgehead atoms. The minimum Gasteiger partial charge on any atom is -0.365 e. The molecular formula is C11H12N2O. The summed E-state index contributed by atoms with van der Waals surface area (Å²) >= 11 is 0. The third-order valence-electron chi connectivity index (χ3n) is 2.91. The second-order valence-corrected chi connectivity index (χ2v) is 4.08. The molecule has 1 aromatic heterocycles. The van der Waals surface area contributed by atoms with E-state index < -0.39 is 0 Å². The lowest BCUT2D eigenvalue weighted by molar-refractivity contribution is 0.329. The first-order valence-corrected chi connectivity index (χ1v) is 4.75. The molecule has 1 aliphatic rings. The van der Waals surface area contributed by atoms with Crippen LogP contribution in [0.25, 0.3) is 11.0 Å². The van der Waals surface area contributed by atoms with Crippen molar-refractivity contribution in [2.45, 2.75) is 12.5 Å². The molecular weight excluding hydrogens is 176 g/mol. The summed E-state index contributed by atoms with van der Waals surface area (Å²) in [5.74, 6) is 0. The van der Waals surface area contributed by atoms with Gasteiger partial charge in [0.1, 0.15) is 5.60 Å². The number of fused-ring (bicyclic) bond motifs is 1. The summed E-state index contributed by atoms with van der Waals surface area (Å²) in [5.41, 5.74) is 3.38. The van der Waals surface area contributed by atoms with E-state index >= 15 is 0 Å². The van der Waals surface area contributed by atoms with E-state index in [0.717, 1.165) is 17.6 Å². The first-order valence-electron chi connectivity index (χ1n) is 4.75. The van der Waals surface area contributed by atoms with Gasteiger partial charge in [0.2, 0.25) is 0 Å². The van der Waals surface area contributed by atoms with E-state index in [0.29, 0.717) is 0 Å². The highest BCUT2D eigenvalue weighted by molar-refractivity contribution is 5.76. The van der Waals surface area contributed by atoms with Crippen LogP contribution in [-0.4, -0.2) is 16.2 Å². The molecule has 1 saturated heterocycles. The molecule has 3 rings (SSSR count). The van der Waals surface area contributed by atoms with E-state index in [1.807, 2.05) is 17.9 Å². The summed E-state index contributed by atoms with van der Waals surface area (Å²) in [6.07, 6.45) is 1.84. The number of ether oxygens (including phenoxy) is 1. The van der Waals surface area contributed by atoms with Crippen LogP contribution in [0.5, 0.6) is 0 Å². The lowest BCUT2D eigenvalue weighted by Gasteiger charge is -2.04. The number of epoxide rings is 1. The average molecular weight is 188 g/mol. The van der Waals surface area contributed by atoms with Gasteiger partial charge in [-0.3, -0.25) is 0 Å². The van der Waals surface area contributed by atoms with Crippen LogP contribution in [0.4, 0.5) is 0 Å². The molecule has 1 unspecified atom stereocenters. The number of hydrogen-bond donors (Lipinski definition) is 0. The number of aryl methyl sites for hydroxylation is 1. The summed E-state index contributed by atoms with van der Waals surface area (Å²) in [6.45, 7) is 2.93. The molecule has 14 heavy (non-hydrogen) atoms. The van der Waals surface area contributed by atoms with Gasteiger partial charge < -0.3 is 9.30 Å². The number of nitrogens with zero attached hydrogens (tertiary/aromatic N) is 2. The zero-order valence-corrected chi connectivity index (χ0v) is 8.32. The summed E-state index contributed by atoms with van der Waals surface area (Å²) < 4.78 is 7.43. The number of aromatic nitrogens is 2. The number of benzene rings is 1. The molecule has 1 fully saturated rings. The lowest BCUT2D eigenvalue weighted by atomic mass is 10.0. The third kappa shape index (κ3) is 0.990. The Balaban J connectivity index is 2.21. The van der Waals surface area contributed by atoms with Crippen molar-refractivity contribution in [1.82, 2.24) is 9.55 Å². The highest BCUT2D eigenvalue weighted by atomic mass is 16.6. The van der Waals surface area contributed by atoms with Gasteiger partial charge in [0, 0.05) is 7.05 Å². The van der Waals surface area contributed by atoms with Crippen molar-refractivity contribution >= 4 is 11.0 Å². The van der Waals surface area contributed by atoms with Crippen molar-refractivity contribution in [2.75, 3.05) is 6.61 Å². The molecule has 1 aromatic carbocycles. The largest absolute Gasteiger partial charge is 0.365 e. The van der Waals surface area contributed by atoms with Gasteiger partial charge in [-0.05, 0) is 24.6 Å². The monoisotopic (exact) mass is 188 g/mol. The molecule has 72 valence electrons. The lowest BCUT2D eigenvalue weighted by Crippen LogP contribution is -2.01. The molecule has 2 heterocycles. The first-order chi connectivity index (χ1) is 6.69. The molecule has 2 aromatic rings. The van der Waals surface area contributed by atoms with Crippen LogP contribution >= 0.6 is 0 Å². The standard InChI is InChI=1S/C11H12N2O/c1-11(6-14-11)8-3-4-10-9(5-8)12-7-13(10)2/h3-5,7H,6H2,1-2H3. The van der Waals surface area contributed by atoms with Crippen LogP contribution in [0.2, 0.25) is 0 Å². The van der Waals surface area contributed by atoms with E-state index in [1.54, 1.807) is 0 Å². The SMILES string of the molecule is Cn1cnc2cc(C3(C)CO3)ccc21. The fraction of sp³-hybridized carbons (Fsp3) is 0.364. The summed E-state index contributed by atoms with van der Waals surface area (Å²) in [6, 6.07) is 6.34. The maximum Gasteiger partial charge on any atom is 0.114 e. The van der Waals surface area contributed by atoms with Crippen molar-refractivity contribution in [1.29, 1.82) is 0 Å². The van der Waals surface area contributed by atoms with Crippen LogP contribution in [0.1, 0.15) is 12.5 Å². The van der Waals surface area contributed by atoms with Crippen molar-refractivity contribution in [3.05, 3.63) is 30.1 Å².